The van der Waals surface area contributed by atoms with Gasteiger partial charge in [0.1, 0.15) is 0 Å². The molecule has 0 radical (unpaired) electrons. The Balaban J connectivity index is 1.98. The molecule has 0 unspecified atom stereocenters. The van der Waals surface area contributed by atoms with Crippen molar-refractivity contribution in [1.29, 1.82) is 0 Å². The van der Waals surface area contributed by atoms with Gasteiger partial charge in [0.05, 0.1) is 11.2 Å². The zero-order valence-corrected chi connectivity index (χ0v) is 13.2. The third-order valence-electron chi connectivity index (χ3n) is 4.11. The third kappa shape index (κ3) is 2.14. The fourth-order valence-electron chi connectivity index (χ4n) is 2.22. The largest absolute Gasteiger partial charge is 0.512 e. The van der Waals surface area contributed by atoms with Gasteiger partial charge in [-0.15, -0.1) is 0 Å². The first-order valence-electron chi connectivity index (χ1n) is 6.42. The van der Waals surface area contributed by atoms with Crippen molar-refractivity contribution in [3.8, 4) is 0 Å². The number of hydrogen-bond acceptors (Lipinski definition) is 2. The van der Waals surface area contributed by atoms with E-state index in [1.165, 1.54) is 0 Å². The molecular formula is C14H17BBrNO2. The van der Waals surface area contributed by atoms with E-state index in [0.717, 1.165) is 21.0 Å². The Morgan fingerprint density at radius 1 is 1.05 bits per heavy atom. The van der Waals surface area contributed by atoms with Crippen LogP contribution in [0.1, 0.15) is 27.7 Å². The average Bonchev–Trinajstić information content (AvgIpc) is 2.78. The molecule has 1 saturated heterocycles. The van der Waals surface area contributed by atoms with Crippen LogP contribution in [0.2, 0.25) is 0 Å². The van der Waals surface area contributed by atoms with Gasteiger partial charge in [-0.1, -0.05) is 22.0 Å². The van der Waals surface area contributed by atoms with Crippen LogP contribution in [-0.4, -0.2) is 23.3 Å². The normalized spacial score (nSPS) is 21.2. The van der Waals surface area contributed by atoms with Gasteiger partial charge in [0.15, 0.2) is 0 Å². The molecule has 1 aliphatic heterocycles. The lowest BCUT2D eigenvalue weighted by Crippen LogP contribution is -2.41. The summed E-state index contributed by atoms with van der Waals surface area (Å²) < 4.78 is 13.1. The van der Waals surface area contributed by atoms with E-state index >= 15 is 0 Å². The van der Waals surface area contributed by atoms with Crippen molar-refractivity contribution in [2.24, 2.45) is 0 Å². The second-order valence-electron chi connectivity index (χ2n) is 6.04. The maximum atomic E-state index is 6.04. The molecule has 1 N–H and O–H groups in total. The van der Waals surface area contributed by atoms with Crippen molar-refractivity contribution in [2.75, 3.05) is 0 Å². The summed E-state index contributed by atoms with van der Waals surface area (Å²) in [6.07, 6.45) is 0. The van der Waals surface area contributed by atoms with Crippen LogP contribution in [0, 0.1) is 0 Å². The fourth-order valence-corrected chi connectivity index (χ4v) is 2.58. The van der Waals surface area contributed by atoms with Crippen LogP contribution in [0.4, 0.5) is 0 Å². The lowest BCUT2D eigenvalue weighted by Gasteiger charge is -2.32. The smallest absolute Gasteiger partial charge is 0.398 e. The quantitative estimate of drug-likeness (QED) is 0.818. The highest BCUT2D eigenvalue weighted by Gasteiger charge is 2.52. The number of nitrogens with one attached hydrogen (secondary N) is 1. The SMILES string of the molecule is CC1(C)OB(c2cc3ccc(Br)cc3[nH]2)OC1(C)C. The number of halogens is 1. The minimum atomic E-state index is -0.337. The summed E-state index contributed by atoms with van der Waals surface area (Å²) in [5, 5.41) is 1.16. The third-order valence-corrected chi connectivity index (χ3v) is 4.61. The van der Waals surface area contributed by atoms with Gasteiger partial charge in [0.2, 0.25) is 0 Å². The van der Waals surface area contributed by atoms with Gasteiger partial charge in [-0.2, -0.15) is 0 Å². The summed E-state index contributed by atoms with van der Waals surface area (Å²) >= 11 is 3.48. The van der Waals surface area contributed by atoms with Gasteiger partial charge < -0.3 is 14.3 Å². The van der Waals surface area contributed by atoms with Gasteiger partial charge in [0, 0.05) is 15.6 Å². The van der Waals surface area contributed by atoms with Crippen LogP contribution in [0.25, 0.3) is 10.9 Å². The molecule has 0 bridgehead atoms. The van der Waals surface area contributed by atoms with Gasteiger partial charge in [0.25, 0.3) is 0 Å². The standard InChI is InChI=1S/C14H17BBrNO2/c1-13(2)14(3,4)19-15(18-13)12-7-9-5-6-10(16)8-11(9)17-12/h5-8,17H,1-4H3. The molecule has 0 atom stereocenters. The fraction of sp³-hybridized carbons (Fsp3) is 0.429. The van der Waals surface area contributed by atoms with Crippen LogP contribution < -0.4 is 5.59 Å². The van der Waals surface area contributed by atoms with Gasteiger partial charge >= 0.3 is 7.12 Å². The van der Waals surface area contributed by atoms with Crippen molar-refractivity contribution < 1.29 is 9.31 Å². The van der Waals surface area contributed by atoms with E-state index in [1.54, 1.807) is 0 Å². The zero-order valence-electron chi connectivity index (χ0n) is 11.6. The molecule has 100 valence electrons. The molecule has 0 amide bonds. The molecule has 0 aliphatic carbocycles. The Morgan fingerprint density at radius 2 is 1.68 bits per heavy atom. The van der Waals surface area contributed by atoms with E-state index in [1.807, 2.05) is 6.07 Å². The number of hydrogen-bond donors (Lipinski definition) is 1. The molecule has 2 aromatic rings. The average molecular weight is 322 g/mol. The monoisotopic (exact) mass is 321 g/mol. The lowest BCUT2D eigenvalue weighted by atomic mass is 9.85. The van der Waals surface area contributed by atoms with Crippen LogP contribution in [-0.2, 0) is 9.31 Å². The molecule has 3 rings (SSSR count). The number of H-pyrrole nitrogens is 1. The molecular weight excluding hydrogens is 305 g/mol. The molecule has 1 fully saturated rings. The molecule has 19 heavy (non-hydrogen) atoms. The van der Waals surface area contributed by atoms with E-state index < -0.39 is 0 Å². The molecule has 5 heteroatoms. The van der Waals surface area contributed by atoms with Gasteiger partial charge in [-0.25, -0.2) is 0 Å². The Hall–Kier alpha value is -0.775. The maximum Gasteiger partial charge on any atom is 0.512 e. The van der Waals surface area contributed by atoms with Crippen molar-refractivity contribution in [3.63, 3.8) is 0 Å². The van der Waals surface area contributed by atoms with Crippen molar-refractivity contribution in [2.45, 2.75) is 38.9 Å². The van der Waals surface area contributed by atoms with Crippen LogP contribution in [0.3, 0.4) is 0 Å². The van der Waals surface area contributed by atoms with Crippen LogP contribution in [0.5, 0.6) is 0 Å². The summed E-state index contributed by atoms with van der Waals surface area (Å²) in [6, 6.07) is 8.25. The number of fused-ring (bicyclic) bond motifs is 1. The zero-order chi connectivity index (χ0) is 13.8. The van der Waals surface area contributed by atoms with Crippen molar-refractivity contribution >= 4 is 39.5 Å². The number of aromatic nitrogens is 1. The lowest BCUT2D eigenvalue weighted by molar-refractivity contribution is 0.00578. The predicted molar refractivity (Wildman–Crippen MR) is 81.7 cm³/mol. The van der Waals surface area contributed by atoms with Gasteiger partial charge in [-0.05, 0) is 51.3 Å². The predicted octanol–water partition coefficient (Wildman–Crippen LogP) is 3.23. The number of aromatic amines is 1. The van der Waals surface area contributed by atoms with E-state index in [-0.39, 0.29) is 18.3 Å². The Labute approximate surface area is 121 Å². The van der Waals surface area contributed by atoms with Crippen LogP contribution in [0.15, 0.2) is 28.7 Å². The first-order chi connectivity index (χ1) is 8.78. The van der Waals surface area contributed by atoms with E-state index in [2.05, 4.69) is 66.8 Å². The Morgan fingerprint density at radius 3 is 2.32 bits per heavy atom. The van der Waals surface area contributed by atoms with Crippen LogP contribution >= 0.6 is 15.9 Å². The van der Waals surface area contributed by atoms with Crippen molar-refractivity contribution in [3.05, 3.63) is 28.7 Å². The molecule has 1 aromatic carbocycles. The van der Waals surface area contributed by atoms with E-state index in [4.69, 9.17) is 9.31 Å². The second kappa shape index (κ2) is 4.11. The number of benzene rings is 1. The Kier molecular flexibility index (Phi) is 2.86. The summed E-state index contributed by atoms with van der Waals surface area (Å²) in [4.78, 5) is 3.37. The van der Waals surface area contributed by atoms with E-state index in [0.29, 0.717) is 0 Å². The molecule has 1 aliphatic rings. The first kappa shape index (κ1) is 13.2. The summed E-state index contributed by atoms with van der Waals surface area (Å²) in [6.45, 7) is 8.25. The topological polar surface area (TPSA) is 34.2 Å². The summed E-state index contributed by atoms with van der Waals surface area (Å²) in [5.74, 6) is 0. The van der Waals surface area contributed by atoms with E-state index in [9.17, 15) is 0 Å². The molecule has 2 heterocycles. The molecule has 0 spiro atoms. The summed E-state index contributed by atoms with van der Waals surface area (Å²) in [5.41, 5.74) is 1.43. The molecule has 0 saturated carbocycles. The minimum absolute atomic E-state index is 0.310. The van der Waals surface area contributed by atoms with Crippen molar-refractivity contribution in [1.82, 2.24) is 4.98 Å². The first-order valence-corrected chi connectivity index (χ1v) is 7.22. The highest BCUT2D eigenvalue weighted by atomic mass is 79.9. The second-order valence-corrected chi connectivity index (χ2v) is 6.96. The minimum Gasteiger partial charge on any atom is -0.398 e. The highest BCUT2D eigenvalue weighted by Crippen LogP contribution is 2.36. The Bertz CT molecular complexity index is 619. The maximum absolute atomic E-state index is 6.04. The molecule has 1 aromatic heterocycles. The summed E-state index contributed by atoms with van der Waals surface area (Å²) in [7, 11) is -0.337. The molecule has 3 nitrogen and oxygen atoms in total. The highest BCUT2D eigenvalue weighted by molar-refractivity contribution is 9.10. The van der Waals surface area contributed by atoms with Gasteiger partial charge in [-0.3, -0.25) is 0 Å². The number of rotatable bonds is 1.